The largest absolute Gasteiger partial charge is 0.493 e. The Labute approximate surface area is 194 Å². The maximum Gasteiger partial charge on any atom is 0.244 e. The average molecular weight is 449 g/mol. The first kappa shape index (κ1) is 23.7. The van der Waals surface area contributed by atoms with Crippen LogP contribution in [-0.4, -0.2) is 46.2 Å². The smallest absolute Gasteiger partial charge is 0.244 e. The van der Waals surface area contributed by atoms with Crippen LogP contribution in [0.5, 0.6) is 17.2 Å². The van der Waals surface area contributed by atoms with Gasteiger partial charge in [0.05, 0.1) is 27.9 Å². The first-order chi connectivity index (χ1) is 16.0. The Balaban J connectivity index is 1.54. The van der Waals surface area contributed by atoms with Gasteiger partial charge in [-0.25, -0.2) is 0 Å². The molecule has 172 valence electrons. The molecule has 1 N–H and O–H groups in total. The van der Waals surface area contributed by atoms with E-state index in [0.29, 0.717) is 23.7 Å². The molecule has 1 saturated heterocycles. The summed E-state index contributed by atoms with van der Waals surface area (Å²) >= 11 is 0. The van der Waals surface area contributed by atoms with Crippen LogP contribution in [0.2, 0.25) is 0 Å². The molecule has 0 spiro atoms. The molecule has 0 bridgehead atoms. The molecule has 7 heteroatoms. The Kier molecular flexibility index (Phi) is 8.36. The van der Waals surface area contributed by atoms with Crippen LogP contribution < -0.4 is 24.4 Å². The van der Waals surface area contributed by atoms with E-state index in [-0.39, 0.29) is 18.4 Å². The highest BCUT2D eigenvalue weighted by Gasteiger charge is 2.19. The van der Waals surface area contributed by atoms with Crippen LogP contribution >= 0.6 is 0 Å². The van der Waals surface area contributed by atoms with E-state index in [1.807, 2.05) is 29.2 Å². The minimum atomic E-state index is -0.267. The molecule has 0 radical (unpaired) electrons. The van der Waals surface area contributed by atoms with Crippen molar-refractivity contribution in [3.05, 3.63) is 53.6 Å². The minimum absolute atomic E-state index is 0.169. The molecule has 1 fully saturated rings. The number of ether oxygens (including phenoxy) is 3. The highest BCUT2D eigenvalue weighted by molar-refractivity contribution is 5.94. The van der Waals surface area contributed by atoms with E-state index in [1.54, 1.807) is 18.2 Å². The van der Waals surface area contributed by atoms with Gasteiger partial charge >= 0.3 is 0 Å². The second kappa shape index (κ2) is 11.6. The molecule has 7 nitrogen and oxygen atoms in total. The van der Waals surface area contributed by atoms with Crippen molar-refractivity contribution in [2.45, 2.75) is 19.3 Å². The summed E-state index contributed by atoms with van der Waals surface area (Å²) in [4.78, 5) is 26.0. The van der Waals surface area contributed by atoms with Gasteiger partial charge in [-0.3, -0.25) is 9.59 Å². The molecule has 2 amide bonds. The molecule has 2 aromatic rings. The molecule has 0 aromatic heterocycles. The lowest BCUT2D eigenvalue weighted by atomic mass is 10.1. The molecule has 1 aliphatic heterocycles. The topological polar surface area (TPSA) is 77.1 Å². The molecule has 0 unspecified atom stereocenters. The lowest BCUT2D eigenvalue weighted by molar-refractivity contribution is -0.119. The van der Waals surface area contributed by atoms with Gasteiger partial charge in [-0.15, -0.1) is 0 Å². The number of hydrogen-bond donors (Lipinski definition) is 1. The van der Waals surface area contributed by atoms with E-state index in [2.05, 4.69) is 17.2 Å². The molecule has 0 saturated carbocycles. The van der Waals surface area contributed by atoms with E-state index < -0.39 is 0 Å². The van der Waals surface area contributed by atoms with E-state index in [1.165, 1.54) is 27.4 Å². The van der Waals surface area contributed by atoms with Crippen molar-refractivity contribution in [2.24, 2.45) is 0 Å². The second-order valence-electron chi connectivity index (χ2n) is 7.36. The van der Waals surface area contributed by atoms with Crippen molar-refractivity contribution >= 4 is 23.6 Å². The van der Waals surface area contributed by atoms with Crippen LogP contribution in [-0.2, 0) is 9.59 Å². The predicted octanol–water partition coefficient (Wildman–Crippen LogP) is 3.41. The number of nitrogens with one attached hydrogen (secondary N) is 1. The number of benzene rings is 2. The summed E-state index contributed by atoms with van der Waals surface area (Å²) in [5.74, 6) is 7.38. The van der Waals surface area contributed by atoms with Gasteiger partial charge in [0.25, 0.3) is 0 Å². The van der Waals surface area contributed by atoms with Crippen molar-refractivity contribution in [3.63, 3.8) is 0 Å². The van der Waals surface area contributed by atoms with Gasteiger partial charge in [0.15, 0.2) is 11.5 Å². The van der Waals surface area contributed by atoms with Gasteiger partial charge in [-0.05, 0) is 60.9 Å². The summed E-state index contributed by atoms with van der Waals surface area (Å²) in [6, 6.07) is 11.1. The van der Waals surface area contributed by atoms with Gasteiger partial charge in [-0.1, -0.05) is 11.8 Å². The van der Waals surface area contributed by atoms with E-state index in [0.717, 1.165) is 36.2 Å². The molecule has 0 aliphatic carbocycles. The lowest BCUT2D eigenvalue weighted by Gasteiger charge is -2.26. The van der Waals surface area contributed by atoms with Crippen LogP contribution in [0.4, 0.5) is 5.69 Å². The van der Waals surface area contributed by atoms with Gasteiger partial charge < -0.3 is 24.4 Å². The number of amides is 2. The number of carbonyl (C=O) groups is 2. The highest BCUT2D eigenvalue weighted by atomic mass is 16.5. The number of nitrogens with zero attached hydrogens (tertiary/aromatic N) is 1. The van der Waals surface area contributed by atoms with Crippen molar-refractivity contribution < 1.29 is 23.8 Å². The lowest BCUT2D eigenvalue weighted by Crippen LogP contribution is -2.35. The summed E-state index contributed by atoms with van der Waals surface area (Å²) in [5.41, 5.74) is 2.46. The predicted molar refractivity (Wildman–Crippen MR) is 128 cm³/mol. The Hall–Kier alpha value is -3.92. The van der Waals surface area contributed by atoms with E-state index in [4.69, 9.17) is 14.2 Å². The van der Waals surface area contributed by atoms with Crippen LogP contribution in [0.25, 0.3) is 6.08 Å². The van der Waals surface area contributed by atoms with Crippen LogP contribution in [0.1, 0.15) is 30.4 Å². The van der Waals surface area contributed by atoms with Gasteiger partial charge in [-0.2, -0.15) is 0 Å². The van der Waals surface area contributed by atoms with Gasteiger partial charge in [0.1, 0.15) is 0 Å². The van der Waals surface area contributed by atoms with E-state index >= 15 is 0 Å². The number of piperidine rings is 1. The number of carbonyl (C=O) groups excluding carboxylic acids is 2. The summed E-state index contributed by atoms with van der Waals surface area (Å²) in [6.45, 7) is 0.976. The standard InChI is InChI=1S/C26H28N2O5/c1-31-22-17-20(18-23(32-2)26(22)33-3)11-14-24(29)27-15-6-7-19-9-12-21(13-10-19)28-16-5-4-8-25(28)30/h9-14,17-18H,4-5,8,15-16H2,1-3H3,(H,27,29)/b14-11+. The Morgan fingerprint density at radius 3 is 2.36 bits per heavy atom. The fourth-order valence-corrected chi connectivity index (χ4v) is 3.51. The maximum absolute atomic E-state index is 12.1. The highest BCUT2D eigenvalue weighted by Crippen LogP contribution is 2.38. The molecule has 2 aromatic carbocycles. The third-order valence-corrected chi connectivity index (χ3v) is 5.20. The molecule has 1 aliphatic rings. The van der Waals surface area contributed by atoms with Crippen molar-refractivity contribution in [2.75, 3.05) is 39.3 Å². The maximum atomic E-state index is 12.1. The molecule has 0 atom stereocenters. The second-order valence-corrected chi connectivity index (χ2v) is 7.36. The quantitative estimate of drug-likeness (QED) is 0.519. The van der Waals surface area contributed by atoms with E-state index in [9.17, 15) is 9.59 Å². The zero-order valence-corrected chi connectivity index (χ0v) is 19.1. The number of rotatable bonds is 7. The van der Waals surface area contributed by atoms with Gasteiger partial charge in [0, 0.05) is 30.3 Å². The normalized spacial score (nSPS) is 13.3. The molecule has 1 heterocycles. The third-order valence-electron chi connectivity index (χ3n) is 5.20. The van der Waals surface area contributed by atoms with Gasteiger partial charge in [0.2, 0.25) is 17.6 Å². The van der Waals surface area contributed by atoms with Crippen LogP contribution in [0.3, 0.4) is 0 Å². The Morgan fingerprint density at radius 2 is 1.76 bits per heavy atom. The first-order valence-electron chi connectivity index (χ1n) is 10.7. The number of hydrogen-bond acceptors (Lipinski definition) is 5. The third kappa shape index (κ3) is 6.30. The van der Waals surface area contributed by atoms with Crippen molar-refractivity contribution in [1.29, 1.82) is 0 Å². The summed E-state index contributed by atoms with van der Waals surface area (Å²) in [7, 11) is 4.61. The monoisotopic (exact) mass is 448 g/mol. The SMILES string of the molecule is COc1cc(/C=C/C(=O)NCC#Cc2ccc(N3CCCCC3=O)cc2)cc(OC)c1OC. The molecular weight excluding hydrogens is 420 g/mol. The fraction of sp³-hybridized carbons (Fsp3) is 0.308. The first-order valence-corrected chi connectivity index (χ1v) is 10.7. The summed E-state index contributed by atoms with van der Waals surface area (Å²) in [6.07, 6.45) is 5.68. The van der Waals surface area contributed by atoms with Crippen molar-refractivity contribution in [3.8, 4) is 29.1 Å². The number of methoxy groups -OCH3 is 3. The summed E-state index contributed by atoms with van der Waals surface area (Å²) < 4.78 is 15.9. The van der Waals surface area contributed by atoms with Crippen LogP contribution in [0, 0.1) is 11.8 Å². The Morgan fingerprint density at radius 1 is 1.06 bits per heavy atom. The number of anilines is 1. The molecular formula is C26H28N2O5. The fourth-order valence-electron chi connectivity index (χ4n) is 3.51. The molecule has 3 rings (SSSR count). The zero-order valence-electron chi connectivity index (χ0n) is 19.1. The average Bonchev–Trinajstić information content (AvgIpc) is 2.85. The Bertz CT molecular complexity index is 1060. The zero-order chi connectivity index (χ0) is 23.6. The minimum Gasteiger partial charge on any atom is -0.493 e. The van der Waals surface area contributed by atoms with Crippen molar-refractivity contribution in [1.82, 2.24) is 5.32 Å². The van der Waals surface area contributed by atoms with Crippen LogP contribution in [0.15, 0.2) is 42.5 Å². The summed E-state index contributed by atoms with van der Waals surface area (Å²) in [5, 5.41) is 2.73. The molecule has 33 heavy (non-hydrogen) atoms.